The fraction of sp³-hybridized carbons (Fsp3) is 0.558. The first-order valence-electron chi connectivity index (χ1n) is 24.9. The molecule has 12 rings (SSSR count). The zero-order valence-electron chi connectivity index (χ0n) is 40.1. The maximum Gasteiger partial charge on any atom is 0.324 e. The third kappa shape index (κ3) is 8.06. The number of rotatable bonds is 9. The van der Waals surface area contributed by atoms with Crippen LogP contribution in [0.1, 0.15) is 99.4 Å². The minimum atomic E-state index is -1.01. The smallest absolute Gasteiger partial charge is 0.324 e. The Morgan fingerprint density at radius 3 is 2.58 bits per heavy atom. The van der Waals surface area contributed by atoms with E-state index in [2.05, 4.69) is 85.5 Å². The van der Waals surface area contributed by atoms with Crippen molar-refractivity contribution in [1.82, 2.24) is 50.1 Å². The quantitative estimate of drug-likeness (QED) is 0.169. The molecule has 0 radical (unpaired) electrons. The topological polar surface area (TPSA) is 169 Å². The van der Waals surface area contributed by atoms with E-state index in [1.54, 1.807) is 18.3 Å². The number of carbonyl (C=O) groups is 3. The van der Waals surface area contributed by atoms with Gasteiger partial charge in [-0.2, -0.15) is 0 Å². The number of carbonyl (C=O) groups excluding carboxylic acids is 3. The first-order chi connectivity index (χ1) is 33.4. The van der Waals surface area contributed by atoms with E-state index in [-0.39, 0.29) is 53.7 Å². The highest BCUT2D eigenvalue weighted by atomic mass is 32.1. The van der Waals surface area contributed by atoms with Crippen LogP contribution < -0.4 is 10.7 Å². The van der Waals surface area contributed by atoms with E-state index in [0.717, 1.165) is 62.9 Å². The van der Waals surface area contributed by atoms with Gasteiger partial charge >= 0.3 is 5.97 Å². The summed E-state index contributed by atoms with van der Waals surface area (Å²) in [5.74, 6) is -1.34. The molecule has 4 aromatic heterocycles. The van der Waals surface area contributed by atoms with Crippen LogP contribution in [0.3, 0.4) is 0 Å². The lowest BCUT2D eigenvalue weighted by atomic mass is 9.76. The molecule has 2 saturated carbocycles. The van der Waals surface area contributed by atoms with Gasteiger partial charge in [-0.05, 0) is 80.8 Å². The average Bonchev–Trinajstić information content (AvgIpc) is 4.20. The van der Waals surface area contributed by atoms with Gasteiger partial charge in [0.05, 0.1) is 55.1 Å². The fourth-order valence-corrected chi connectivity index (χ4v) is 13.0. The van der Waals surface area contributed by atoms with Gasteiger partial charge in [-0.25, -0.2) is 20.4 Å². The molecule has 69 heavy (non-hydrogen) atoms. The first kappa shape index (κ1) is 45.0. The molecule has 7 atom stereocenters. The number of hydrogen-bond acceptors (Lipinski definition) is 14. The van der Waals surface area contributed by atoms with Crippen molar-refractivity contribution < 1.29 is 28.6 Å². The number of nitrogens with one attached hydrogen (secondary N) is 2. The summed E-state index contributed by atoms with van der Waals surface area (Å²) < 4.78 is 20.5. The van der Waals surface area contributed by atoms with Crippen molar-refractivity contribution in [2.75, 3.05) is 59.7 Å². The van der Waals surface area contributed by atoms with Crippen molar-refractivity contribution >= 4 is 40.0 Å². The number of amides is 2. The normalized spacial score (nSPS) is 28.6. The molecule has 2 N–H and O–H groups in total. The minimum Gasteiger partial charge on any atom is -0.464 e. The lowest BCUT2D eigenvalue weighted by Crippen LogP contribution is -2.70. The van der Waals surface area contributed by atoms with Crippen molar-refractivity contribution in [1.29, 1.82) is 0 Å². The van der Waals surface area contributed by atoms with E-state index in [4.69, 9.17) is 24.2 Å². The number of fused-ring (bicyclic) bond motifs is 6. The SMILES string of the molecule is CO[C@@H](C)c1ncccc1-c1c2c3cc(ccc3n1C1CN(C3CC3)C1)-c1csc(n1)[C@@H](N1CC3(COC3)C1)[C@H](NC(=O)[C@@H]1[C@@H](C)[C@H]1c1ccncn1)C(=O)N1CCC[C@H](N1)C(=O)OCC(C)(C)C2. The molecule has 7 aliphatic rings. The molecule has 5 aliphatic heterocycles. The summed E-state index contributed by atoms with van der Waals surface area (Å²) in [5.41, 5.74) is 10.7. The third-order valence-electron chi connectivity index (χ3n) is 16.1. The molecule has 6 fully saturated rings. The number of esters is 1. The second kappa shape index (κ2) is 17.3. The van der Waals surface area contributed by atoms with Crippen molar-refractivity contribution in [3.63, 3.8) is 0 Å². The number of aromatic nitrogens is 5. The van der Waals surface area contributed by atoms with E-state index in [1.807, 2.05) is 25.3 Å². The Hall–Kier alpha value is -5.17. The van der Waals surface area contributed by atoms with E-state index >= 15 is 4.79 Å². The number of cyclic esters (lactones) is 1. The van der Waals surface area contributed by atoms with Crippen molar-refractivity contribution in [3.8, 4) is 22.5 Å². The summed E-state index contributed by atoms with van der Waals surface area (Å²) in [6.07, 6.45) is 9.04. The number of likely N-dealkylation sites (tertiary alicyclic amines) is 2. The lowest BCUT2D eigenvalue weighted by molar-refractivity contribution is -0.202. The van der Waals surface area contributed by atoms with Crippen LogP contribution in [-0.2, 0) is 35.0 Å². The third-order valence-corrected chi connectivity index (χ3v) is 17.0. The van der Waals surface area contributed by atoms with Gasteiger partial charge in [0.1, 0.15) is 23.4 Å². The van der Waals surface area contributed by atoms with E-state index in [9.17, 15) is 9.59 Å². The second-order valence-electron chi connectivity index (χ2n) is 21.8. The molecule has 5 aromatic rings. The molecular formula is C52H62N10O6S. The number of nitrogens with zero attached hydrogens (tertiary/aromatic N) is 8. The maximum atomic E-state index is 15.3. The summed E-state index contributed by atoms with van der Waals surface area (Å²) in [4.78, 5) is 68.0. The molecule has 9 heterocycles. The van der Waals surface area contributed by atoms with Crippen LogP contribution in [-0.4, -0.2) is 135 Å². The second-order valence-corrected chi connectivity index (χ2v) is 22.7. The van der Waals surface area contributed by atoms with Gasteiger partial charge in [0, 0.05) is 114 Å². The Bertz CT molecular complexity index is 2790. The van der Waals surface area contributed by atoms with Gasteiger partial charge in [-0.3, -0.25) is 34.2 Å². The zero-order valence-corrected chi connectivity index (χ0v) is 40.9. The van der Waals surface area contributed by atoms with Crippen LogP contribution in [0.25, 0.3) is 33.4 Å². The van der Waals surface area contributed by atoms with E-state index in [1.165, 1.54) is 36.1 Å². The predicted octanol–water partition coefficient (Wildman–Crippen LogP) is 5.87. The Kier molecular flexibility index (Phi) is 11.3. The van der Waals surface area contributed by atoms with Gasteiger partial charge in [0.15, 0.2) is 0 Å². The van der Waals surface area contributed by atoms with Crippen LogP contribution in [0.2, 0.25) is 0 Å². The highest BCUT2D eigenvalue weighted by molar-refractivity contribution is 7.10. The monoisotopic (exact) mass is 954 g/mol. The lowest BCUT2D eigenvalue weighted by Gasteiger charge is -2.58. The summed E-state index contributed by atoms with van der Waals surface area (Å²) in [6, 6.07) is 11.3. The van der Waals surface area contributed by atoms with Crippen LogP contribution in [0.15, 0.2) is 60.5 Å². The maximum absolute atomic E-state index is 15.3. The number of methoxy groups -OCH3 is 1. The molecule has 17 heteroatoms. The Morgan fingerprint density at radius 1 is 1.01 bits per heavy atom. The number of hydrogen-bond donors (Lipinski definition) is 2. The number of pyridine rings is 1. The van der Waals surface area contributed by atoms with Crippen molar-refractivity contribution in [2.45, 2.75) is 102 Å². The summed E-state index contributed by atoms with van der Waals surface area (Å²) >= 11 is 1.52. The van der Waals surface area contributed by atoms with Crippen LogP contribution >= 0.6 is 11.3 Å². The molecule has 2 amide bonds. The largest absolute Gasteiger partial charge is 0.464 e. The first-order valence-corrected chi connectivity index (χ1v) is 25.7. The highest BCUT2D eigenvalue weighted by Gasteiger charge is 2.57. The van der Waals surface area contributed by atoms with E-state index in [0.29, 0.717) is 58.2 Å². The van der Waals surface area contributed by atoms with Crippen molar-refractivity contribution in [3.05, 3.63) is 82.5 Å². The number of thiazole rings is 1. The molecule has 1 spiro atoms. The molecule has 6 bridgehead atoms. The summed E-state index contributed by atoms with van der Waals surface area (Å²) in [6.45, 7) is 13.6. The van der Waals surface area contributed by atoms with Crippen molar-refractivity contribution in [2.24, 2.45) is 22.7 Å². The van der Waals surface area contributed by atoms with Gasteiger partial charge in [0.2, 0.25) is 5.91 Å². The van der Waals surface area contributed by atoms with Crippen LogP contribution in [0.4, 0.5) is 0 Å². The summed E-state index contributed by atoms with van der Waals surface area (Å²) in [5, 5.41) is 8.81. The highest BCUT2D eigenvalue weighted by Crippen LogP contribution is 2.54. The predicted molar refractivity (Wildman–Crippen MR) is 259 cm³/mol. The molecule has 1 aromatic carbocycles. The Balaban J connectivity index is 0.996. The van der Waals surface area contributed by atoms with Gasteiger partial charge in [0.25, 0.3) is 5.91 Å². The van der Waals surface area contributed by atoms with Gasteiger partial charge in [-0.1, -0.05) is 26.8 Å². The molecule has 362 valence electrons. The number of ether oxygens (including phenoxy) is 3. The molecule has 2 aliphatic carbocycles. The molecule has 16 nitrogen and oxygen atoms in total. The number of benzene rings is 1. The Labute approximate surface area is 406 Å². The van der Waals surface area contributed by atoms with Gasteiger partial charge in [-0.15, -0.1) is 11.3 Å². The Morgan fingerprint density at radius 2 is 1.84 bits per heavy atom. The standard InChI is InChI=1S/C52H62N10O6S/c1-29-41(37-14-16-53-28-55-37)42(29)47(63)57-44-46(60-23-52(24-60)26-67-27-52)48-56-39(22-69-48)31-10-13-40-35(18-31)36(19-51(3,4)25-68-50(65)38-9-7-17-61(58-38)49(44)64)45(34-8-6-15-54-43(34)30(2)66-5)62(40)33-20-59(21-33)32-11-12-32/h6,8,10,13-16,18,22,28-30,32-33,38,41-42,44,46,58H,7,9,11-12,17,19-21,23-27H2,1-5H3,(H,57,63)/t29-,30-,38-,41-,42+,44-,46-/m0/s1. The fourth-order valence-electron chi connectivity index (χ4n) is 12.0. The van der Waals surface area contributed by atoms with Crippen LogP contribution in [0, 0.1) is 22.7 Å². The van der Waals surface area contributed by atoms with E-state index < -0.39 is 29.5 Å². The summed E-state index contributed by atoms with van der Waals surface area (Å²) in [7, 11) is 1.73. The number of hydrazine groups is 1. The minimum absolute atomic E-state index is 0.0104. The zero-order chi connectivity index (χ0) is 47.3. The molecule has 0 unspecified atom stereocenters. The van der Waals surface area contributed by atoms with Crippen LogP contribution in [0.5, 0.6) is 0 Å². The van der Waals surface area contributed by atoms with Gasteiger partial charge < -0.3 is 24.1 Å². The average molecular weight is 955 g/mol. The molecular weight excluding hydrogens is 893 g/mol. The molecule has 4 saturated heterocycles.